The van der Waals surface area contributed by atoms with E-state index in [0.29, 0.717) is 11.2 Å². The first-order valence-electron chi connectivity index (χ1n) is 18.6. The van der Waals surface area contributed by atoms with Crippen molar-refractivity contribution in [2.45, 2.75) is 0 Å². The summed E-state index contributed by atoms with van der Waals surface area (Å²) in [7, 11) is 0. The third-order valence-electron chi connectivity index (χ3n) is 11.4. The molecule has 0 unspecified atom stereocenters. The highest BCUT2D eigenvalue weighted by Gasteiger charge is 2.19. The van der Waals surface area contributed by atoms with Crippen LogP contribution in [0.2, 0.25) is 0 Å². The minimum atomic E-state index is -0.231. The quantitative estimate of drug-likeness (QED) is 0.172. The van der Waals surface area contributed by atoms with Crippen molar-refractivity contribution in [3.05, 3.63) is 192 Å². The van der Waals surface area contributed by atoms with E-state index in [4.69, 9.17) is 0 Å². The molecule has 0 aliphatic rings. The fraction of sp³-hybridized carbons (Fsp3) is 0. The molecule has 0 atom stereocenters. The van der Waals surface area contributed by atoms with Crippen LogP contribution in [-0.4, -0.2) is 18.5 Å². The Bertz CT molecular complexity index is 3590. The molecule has 0 amide bonds. The van der Waals surface area contributed by atoms with Crippen LogP contribution < -0.4 is 5.56 Å². The highest BCUT2D eigenvalue weighted by atomic mass is 16.1. The highest BCUT2D eigenvalue weighted by molar-refractivity contribution is 6.25. The van der Waals surface area contributed by atoms with Gasteiger partial charge in [-0.3, -0.25) is 13.8 Å². The minimum Gasteiger partial charge on any atom is -0.309 e. The van der Waals surface area contributed by atoms with Gasteiger partial charge in [-0.05, 0) is 110 Å². The summed E-state index contributed by atoms with van der Waals surface area (Å²) in [5, 5.41) is 10.6. The Morgan fingerprint density at radius 3 is 1.60 bits per heavy atom. The Hall–Kier alpha value is -7.50. The van der Waals surface area contributed by atoms with Crippen molar-refractivity contribution < 1.29 is 0 Å². The zero-order chi connectivity index (χ0) is 36.2. The predicted molar refractivity (Wildman–Crippen MR) is 228 cm³/mol. The highest BCUT2D eigenvalue weighted by Crippen LogP contribution is 2.40. The second-order valence-corrected chi connectivity index (χ2v) is 14.3. The van der Waals surface area contributed by atoms with E-state index in [9.17, 15) is 4.79 Å². The first kappa shape index (κ1) is 30.0. The Morgan fingerprint density at radius 2 is 0.873 bits per heavy atom. The Morgan fingerprint density at radius 1 is 0.327 bits per heavy atom. The van der Waals surface area contributed by atoms with Crippen LogP contribution in [-0.2, 0) is 0 Å². The average Bonchev–Trinajstić information content (AvgIpc) is 3.76. The van der Waals surface area contributed by atoms with Gasteiger partial charge in [-0.15, -0.1) is 0 Å². The molecule has 0 aliphatic heterocycles. The molecule has 256 valence electrons. The number of hydrogen-bond acceptors (Lipinski definition) is 2. The van der Waals surface area contributed by atoms with Crippen molar-refractivity contribution in [2.24, 2.45) is 0 Å². The molecular weight excluding hydrogens is 673 g/mol. The van der Waals surface area contributed by atoms with E-state index in [0.717, 1.165) is 44.6 Å². The number of rotatable bonds is 3. The Kier molecular flexibility index (Phi) is 6.14. The van der Waals surface area contributed by atoms with Gasteiger partial charge in [-0.25, -0.2) is 0 Å². The lowest BCUT2D eigenvalue weighted by atomic mass is 9.94. The van der Waals surface area contributed by atoms with Crippen molar-refractivity contribution in [3.8, 4) is 22.5 Å². The molecular formula is C50H30N4O. The lowest BCUT2D eigenvalue weighted by Crippen LogP contribution is -2.11. The van der Waals surface area contributed by atoms with Gasteiger partial charge in [-0.1, -0.05) is 115 Å². The van der Waals surface area contributed by atoms with Crippen molar-refractivity contribution >= 4 is 81.8 Å². The normalized spacial score (nSPS) is 12.1. The molecule has 12 rings (SSSR count). The largest absolute Gasteiger partial charge is 0.309 e. The lowest BCUT2D eigenvalue weighted by Gasteiger charge is -2.14. The maximum absolute atomic E-state index is 13.3. The smallest absolute Gasteiger partial charge is 0.282 e. The Labute approximate surface area is 314 Å². The summed E-state index contributed by atoms with van der Waals surface area (Å²) in [6.45, 7) is 0. The summed E-state index contributed by atoms with van der Waals surface area (Å²) >= 11 is 0. The molecule has 5 heteroatoms. The summed E-state index contributed by atoms with van der Waals surface area (Å²) in [5.74, 6) is 0.594. The molecule has 0 radical (unpaired) electrons. The number of benzene rings is 9. The molecule has 55 heavy (non-hydrogen) atoms. The van der Waals surface area contributed by atoms with Crippen LogP contribution in [0.4, 0.5) is 0 Å². The number of para-hydroxylation sites is 3. The average molecular weight is 703 g/mol. The van der Waals surface area contributed by atoms with E-state index >= 15 is 0 Å². The molecule has 0 bridgehead atoms. The van der Waals surface area contributed by atoms with Crippen LogP contribution in [0.25, 0.3) is 104 Å². The molecule has 0 aliphatic carbocycles. The first-order valence-corrected chi connectivity index (χ1v) is 18.6. The summed E-state index contributed by atoms with van der Waals surface area (Å²) in [4.78, 5) is 18.0. The number of imidazole rings is 1. The van der Waals surface area contributed by atoms with Crippen molar-refractivity contribution in [1.82, 2.24) is 18.5 Å². The zero-order valence-corrected chi connectivity index (χ0v) is 29.5. The monoisotopic (exact) mass is 702 g/mol. The van der Waals surface area contributed by atoms with E-state index in [1.807, 2.05) is 42.5 Å². The molecule has 0 saturated heterocycles. The van der Waals surface area contributed by atoms with E-state index in [1.54, 1.807) is 0 Å². The van der Waals surface area contributed by atoms with Crippen molar-refractivity contribution in [3.63, 3.8) is 0 Å². The molecule has 3 heterocycles. The summed E-state index contributed by atoms with van der Waals surface area (Å²) in [6, 6.07) is 64.4. The number of hydrogen-bond donors (Lipinski definition) is 0. The molecule has 3 aromatic heterocycles. The van der Waals surface area contributed by atoms with Gasteiger partial charge in [0.15, 0.2) is 0 Å². The second-order valence-electron chi connectivity index (χ2n) is 14.3. The van der Waals surface area contributed by atoms with Gasteiger partial charge in [0.25, 0.3) is 5.56 Å². The fourth-order valence-electron chi connectivity index (χ4n) is 9.02. The SMILES string of the molecule is O=c1nc2n(-c3ccccc3)c3ccc(-c4ccc5c(c4)c4ccccc4n5-c4ccc5c6ccccc6c6ccccc6c5c4)cc3n2c2ccccc12. The third-order valence-corrected chi connectivity index (χ3v) is 11.4. The van der Waals surface area contributed by atoms with Crippen molar-refractivity contribution in [2.75, 3.05) is 0 Å². The predicted octanol–water partition coefficient (Wildman–Crippen LogP) is 12.0. The number of fused-ring (bicyclic) bond motifs is 14. The maximum Gasteiger partial charge on any atom is 0.282 e. The van der Waals surface area contributed by atoms with Gasteiger partial charge in [0.05, 0.1) is 33.0 Å². The van der Waals surface area contributed by atoms with Gasteiger partial charge in [0, 0.05) is 22.1 Å². The standard InChI is InChI=1S/C50H30N4O/c55-49-41-19-9-11-21-45(41)54-48-29-32(23-27-47(48)53(50(54)51-49)33-12-2-1-3-13-33)31-22-26-46-43(28-31)40-18-8-10-20-44(40)52(46)34-24-25-39-37-16-5-4-14-35(37)36-15-6-7-17-38(36)42(39)30-34/h1-30H. The lowest BCUT2D eigenvalue weighted by molar-refractivity contribution is 1.06. The van der Waals surface area contributed by atoms with Gasteiger partial charge < -0.3 is 4.57 Å². The van der Waals surface area contributed by atoms with E-state index in [1.165, 1.54) is 48.6 Å². The maximum atomic E-state index is 13.3. The van der Waals surface area contributed by atoms with Crippen LogP contribution in [0, 0.1) is 0 Å². The zero-order valence-electron chi connectivity index (χ0n) is 29.5. The number of nitrogens with zero attached hydrogens (tertiary/aromatic N) is 4. The van der Waals surface area contributed by atoms with Crippen LogP contribution in [0.1, 0.15) is 0 Å². The summed E-state index contributed by atoms with van der Waals surface area (Å²) < 4.78 is 6.61. The molecule has 0 N–H and O–H groups in total. The molecule has 9 aromatic carbocycles. The first-order chi connectivity index (χ1) is 27.2. The van der Waals surface area contributed by atoms with Gasteiger partial charge >= 0.3 is 0 Å². The van der Waals surface area contributed by atoms with Crippen LogP contribution in [0.5, 0.6) is 0 Å². The molecule has 5 nitrogen and oxygen atoms in total. The van der Waals surface area contributed by atoms with E-state index in [2.05, 4.69) is 158 Å². The molecule has 12 aromatic rings. The van der Waals surface area contributed by atoms with E-state index in [-0.39, 0.29) is 5.56 Å². The molecule has 0 fully saturated rings. The fourth-order valence-corrected chi connectivity index (χ4v) is 9.02. The summed E-state index contributed by atoms with van der Waals surface area (Å²) in [5.41, 5.74) is 9.19. The second kappa shape index (κ2) is 11.3. The van der Waals surface area contributed by atoms with Gasteiger partial charge in [0.2, 0.25) is 5.78 Å². The molecule has 0 spiro atoms. The van der Waals surface area contributed by atoms with Gasteiger partial charge in [0.1, 0.15) is 0 Å². The van der Waals surface area contributed by atoms with E-state index < -0.39 is 0 Å². The van der Waals surface area contributed by atoms with Gasteiger partial charge in [-0.2, -0.15) is 4.98 Å². The van der Waals surface area contributed by atoms with Crippen LogP contribution in [0.3, 0.4) is 0 Å². The van der Waals surface area contributed by atoms with Crippen molar-refractivity contribution in [1.29, 1.82) is 0 Å². The Balaban J connectivity index is 1.09. The van der Waals surface area contributed by atoms with Crippen LogP contribution in [0.15, 0.2) is 187 Å². The number of aromatic nitrogens is 4. The van der Waals surface area contributed by atoms with Crippen LogP contribution >= 0.6 is 0 Å². The summed E-state index contributed by atoms with van der Waals surface area (Å²) in [6.07, 6.45) is 0. The molecule has 0 saturated carbocycles. The minimum absolute atomic E-state index is 0.231. The third kappa shape index (κ3) is 4.23. The topological polar surface area (TPSA) is 44.2 Å².